The van der Waals surface area contributed by atoms with Gasteiger partial charge in [0.05, 0.1) is 86.3 Å². The van der Waals surface area contributed by atoms with Crippen molar-refractivity contribution < 1.29 is 9.90 Å². The number of hydrogen-bond acceptors (Lipinski definition) is 1. The van der Waals surface area contributed by atoms with E-state index in [0.29, 0.717) is 0 Å². The molecule has 0 saturated heterocycles. The fourth-order valence-electron chi connectivity index (χ4n) is 2.38. The van der Waals surface area contributed by atoms with Crippen LogP contribution in [0.3, 0.4) is 0 Å². The topological polar surface area (TPSA) is 37.3 Å². The van der Waals surface area contributed by atoms with E-state index in [1.807, 2.05) is 0 Å². The minimum atomic E-state index is -2.84. The lowest BCUT2D eigenvalue weighted by atomic mass is 8.96. The zero-order valence-electron chi connectivity index (χ0n) is 10.7. The lowest BCUT2D eigenvalue weighted by Gasteiger charge is -2.80. The summed E-state index contributed by atoms with van der Waals surface area (Å²) in [4.78, 5) is 11.5. The molecule has 1 rings (SSSR count). The Morgan fingerprint density at radius 1 is 0.550 bits per heavy atom. The molecule has 1 fully saturated rings. The maximum atomic E-state index is 11.5. The second-order valence-electron chi connectivity index (χ2n) is 5.46. The second kappa shape index (κ2) is 4.13. The van der Waals surface area contributed by atoms with Gasteiger partial charge >= 0.3 is 0 Å². The first kappa shape index (κ1) is 18.2. The van der Waals surface area contributed by atoms with Crippen molar-refractivity contribution in [3.8, 4) is 0 Å². The van der Waals surface area contributed by atoms with E-state index in [-0.39, 0.29) is 0 Å². The van der Waals surface area contributed by atoms with Crippen molar-refractivity contribution in [2.75, 3.05) is 0 Å². The lowest BCUT2D eigenvalue weighted by molar-refractivity contribution is -0.142. The molecule has 0 bridgehead atoms. The predicted molar refractivity (Wildman–Crippen MR) is 87.1 cm³/mol. The molecule has 0 aromatic carbocycles. The first-order valence-corrected chi connectivity index (χ1v) is 5.35. The maximum absolute atomic E-state index is 11.5. The minimum Gasteiger partial charge on any atom is -0.481 e. The summed E-state index contributed by atoms with van der Waals surface area (Å²) in [5, 5.41) is -6.30. The average molecular weight is 236 g/mol. The Labute approximate surface area is 134 Å². The van der Waals surface area contributed by atoms with Gasteiger partial charge in [0, 0.05) is 5.31 Å². The van der Waals surface area contributed by atoms with Crippen LogP contribution in [0.4, 0.5) is 0 Å². The van der Waals surface area contributed by atoms with Crippen LogP contribution >= 0.6 is 0 Å². The van der Waals surface area contributed by atoms with Crippen LogP contribution in [0.15, 0.2) is 0 Å². The highest BCUT2D eigenvalue weighted by molar-refractivity contribution is 6.73. The third-order valence-electron chi connectivity index (χ3n) is 4.38. The van der Waals surface area contributed by atoms with Crippen LogP contribution in [0.5, 0.6) is 0 Å². The summed E-state index contributed by atoms with van der Waals surface area (Å²) in [6, 6.07) is 0. The summed E-state index contributed by atoms with van der Waals surface area (Å²) in [7, 11) is 62.7. The van der Waals surface area contributed by atoms with E-state index in [2.05, 4.69) is 0 Å². The van der Waals surface area contributed by atoms with Gasteiger partial charge in [0.1, 0.15) is 0 Å². The van der Waals surface area contributed by atoms with Gasteiger partial charge in [0.15, 0.2) is 0 Å². The van der Waals surface area contributed by atoms with Gasteiger partial charge < -0.3 is 5.11 Å². The van der Waals surface area contributed by atoms with E-state index in [1.165, 1.54) is 0 Å². The number of hydrogen-bond donors (Lipinski definition) is 1. The number of carboxylic acids is 1. The van der Waals surface area contributed by atoms with Crippen LogP contribution in [-0.4, -0.2) is 97.4 Å². The molecule has 0 heterocycles. The molecule has 1 N–H and O–H groups in total. The largest absolute Gasteiger partial charge is 0.481 e. The quantitative estimate of drug-likeness (QED) is 0.484. The van der Waals surface area contributed by atoms with Gasteiger partial charge in [-0.1, -0.05) is 0 Å². The van der Waals surface area contributed by atoms with Crippen molar-refractivity contribution in [3.05, 3.63) is 0 Å². The molecule has 0 aromatic rings. The van der Waals surface area contributed by atoms with E-state index in [0.717, 1.165) is 0 Å². The van der Waals surface area contributed by atoms with E-state index in [1.54, 1.807) is 0 Å². The van der Waals surface area contributed by atoms with E-state index < -0.39 is 37.4 Å². The monoisotopic (exact) mass is 238 g/mol. The molecule has 22 radical (unpaired) electrons. The molecule has 0 unspecified atom stereocenters. The second-order valence-corrected chi connectivity index (χ2v) is 5.46. The fraction of sp³-hybridized carbons (Fsp3) is 0.857. The SMILES string of the molecule is [B]C1([B])C([B])([B])C([B])([B])C([B])(C(=O)O)C([B])([B])C1([B])[B]. The minimum absolute atomic E-state index is 1.83. The third-order valence-corrected chi connectivity index (χ3v) is 4.38. The van der Waals surface area contributed by atoms with Gasteiger partial charge in [-0.15, -0.1) is 26.1 Å². The van der Waals surface area contributed by atoms with E-state index in [9.17, 15) is 9.90 Å². The number of rotatable bonds is 1. The Balaban J connectivity index is 3.88. The van der Waals surface area contributed by atoms with Crippen LogP contribution in [-0.2, 0) is 4.79 Å². The molecule has 13 heteroatoms. The molecule has 0 aromatic heterocycles. The zero-order valence-corrected chi connectivity index (χ0v) is 10.7. The van der Waals surface area contributed by atoms with E-state index >= 15 is 0 Å². The highest BCUT2D eigenvalue weighted by Crippen LogP contribution is 2.86. The van der Waals surface area contributed by atoms with Gasteiger partial charge in [-0.05, 0) is 0 Å². The summed E-state index contributed by atoms with van der Waals surface area (Å²) >= 11 is 0. The van der Waals surface area contributed by atoms with Gasteiger partial charge in [-0.3, -0.25) is 4.79 Å². The van der Waals surface area contributed by atoms with Gasteiger partial charge in [-0.2, -0.15) is 0 Å². The van der Waals surface area contributed by atoms with Crippen molar-refractivity contribution in [2.24, 2.45) is 0 Å². The zero-order chi connectivity index (χ0) is 16.6. The summed E-state index contributed by atoms with van der Waals surface area (Å²) < 4.78 is 0. The molecule has 0 spiro atoms. The molecule has 2 nitrogen and oxygen atoms in total. The Kier molecular flexibility index (Phi) is 3.77. The molecule has 74 valence electrons. The fourth-order valence-corrected chi connectivity index (χ4v) is 2.38. The summed E-state index contributed by atoms with van der Waals surface area (Å²) in [5.74, 6) is -1.83. The first-order chi connectivity index (χ1) is 8.44. The van der Waals surface area contributed by atoms with Crippen LogP contribution in [0.2, 0.25) is 31.4 Å². The highest BCUT2D eigenvalue weighted by Gasteiger charge is 2.71. The van der Waals surface area contributed by atoms with Gasteiger partial charge in [0.2, 0.25) is 0 Å². The Morgan fingerprint density at radius 3 is 0.950 bits per heavy atom. The van der Waals surface area contributed by atoms with Crippen molar-refractivity contribution >= 4 is 92.3 Å². The van der Waals surface area contributed by atoms with Crippen molar-refractivity contribution in [1.29, 1.82) is 0 Å². The van der Waals surface area contributed by atoms with Crippen LogP contribution in [0.25, 0.3) is 0 Å². The lowest BCUT2D eigenvalue weighted by Crippen LogP contribution is -2.68. The number of aliphatic carboxylic acids is 1. The average Bonchev–Trinajstić information content (AvgIpc) is 2.24. The number of carbonyl (C=O) groups is 1. The van der Waals surface area contributed by atoms with Crippen LogP contribution in [0.1, 0.15) is 0 Å². The normalized spacial score (nSPS) is 31.0. The molecule has 1 saturated carbocycles. The molecule has 1 aliphatic rings. The molecule has 1 aliphatic carbocycles. The standard InChI is InChI=1S/C7HB11O2/c8-2(1(19)20)3(9,10)5(13,14)7(17,18)6(15,16)4(2,11)12/h(H,19,20). The van der Waals surface area contributed by atoms with Gasteiger partial charge in [-0.25, -0.2) is 0 Å². The Hall–Kier alpha value is 0.184. The molecule has 20 heavy (non-hydrogen) atoms. The third kappa shape index (κ3) is 1.48. The first-order valence-electron chi connectivity index (χ1n) is 5.35. The molecule has 0 amide bonds. The molecule has 0 aliphatic heterocycles. The Morgan fingerprint density at radius 2 is 0.750 bits per heavy atom. The number of carboxylic acid groups (broad SMARTS) is 1. The smallest absolute Gasteiger partial charge is 0.298 e. The highest BCUT2D eigenvalue weighted by atomic mass is 16.4. The van der Waals surface area contributed by atoms with Crippen LogP contribution in [0, 0.1) is 0 Å². The van der Waals surface area contributed by atoms with Crippen molar-refractivity contribution in [3.63, 3.8) is 0 Å². The van der Waals surface area contributed by atoms with E-state index in [4.69, 9.17) is 86.3 Å². The molecular weight excluding hydrogens is 235 g/mol. The summed E-state index contributed by atoms with van der Waals surface area (Å²) in [6.45, 7) is 0. The van der Waals surface area contributed by atoms with Crippen molar-refractivity contribution in [1.82, 2.24) is 0 Å². The Bertz CT molecular complexity index is 424. The van der Waals surface area contributed by atoms with Crippen molar-refractivity contribution in [2.45, 2.75) is 31.4 Å². The summed E-state index contributed by atoms with van der Waals surface area (Å²) in [5.41, 5.74) is 0. The predicted octanol–water partition coefficient (Wildman–Crippen LogP) is -3.32. The van der Waals surface area contributed by atoms with Crippen LogP contribution < -0.4 is 0 Å². The molecular formula is C7HB11O2. The van der Waals surface area contributed by atoms with Gasteiger partial charge in [0.25, 0.3) is 5.97 Å². The summed E-state index contributed by atoms with van der Waals surface area (Å²) in [6.07, 6.45) is 0. The maximum Gasteiger partial charge on any atom is 0.298 e. The molecule has 0 atom stereocenters.